The summed E-state index contributed by atoms with van der Waals surface area (Å²) in [6, 6.07) is 19.7. The van der Waals surface area contributed by atoms with Crippen molar-refractivity contribution >= 4 is 17.7 Å². The van der Waals surface area contributed by atoms with E-state index < -0.39 is 6.10 Å². The monoisotopic (exact) mass is 341 g/mol. The number of aliphatic hydroxyl groups excluding tert-OH is 1. The number of carbonyl (C=O) groups is 1. The van der Waals surface area contributed by atoms with Gasteiger partial charge in [-0.25, -0.2) is 0 Å². The Morgan fingerprint density at radius 3 is 2.46 bits per heavy atom. The van der Waals surface area contributed by atoms with Crippen molar-refractivity contribution in [3.8, 4) is 0 Å². The van der Waals surface area contributed by atoms with Gasteiger partial charge in [0.05, 0.1) is 18.6 Å². The van der Waals surface area contributed by atoms with Gasteiger partial charge in [-0.3, -0.25) is 4.79 Å². The van der Waals surface area contributed by atoms with Crippen LogP contribution in [0, 0.1) is 0 Å². The van der Waals surface area contributed by atoms with Crippen LogP contribution in [0.5, 0.6) is 0 Å². The smallest absolute Gasteiger partial charge is 0.226 e. The molecule has 0 spiro atoms. The van der Waals surface area contributed by atoms with Crippen LogP contribution in [0.1, 0.15) is 36.6 Å². The summed E-state index contributed by atoms with van der Waals surface area (Å²) in [6.45, 7) is 2.91. The van der Waals surface area contributed by atoms with Crippen LogP contribution in [-0.2, 0) is 4.79 Å². The number of thioether (sulfide) groups is 1. The third-order valence-corrected chi connectivity index (χ3v) is 5.71. The SMILES string of the molecule is CC1SCCN(C(=O)CC(O)c2ccccc2)C1c1ccccc1. The van der Waals surface area contributed by atoms with Gasteiger partial charge in [0.25, 0.3) is 0 Å². The first-order valence-corrected chi connectivity index (χ1v) is 9.40. The van der Waals surface area contributed by atoms with Crippen LogP contribution in [-0.4, -0.2) is 33.5 Å². The van der Waals surface area contributed by atoms with Crippen molar-refractivity contribution in [1.29, 1.82) is 0 Å². The zero-order valence-corrected chi connectivity index (χ0v) is 14.7. The molecule has 4 heteroatoms. The Morgan fingerprint density at radius 2 is 1.79 bits per heavy atom. The van der Waals surface area contributed by atoms with Gasteiger partial charge < -0.3 is 10.0 Å². The molecular weight excluding hydrogens is 318 g/mol. The standard InChI is InChI=1S/C20H23NO2S/c1-15-20(17-10-6-3-7-11-17)21(12-13-24-15)19(23)14-18(22)16-8-4-2-5-9-16/h2-11,15,18,20,22H,12-14H2,1H3. The Kier molecular flexibility index (Phi) is 5.59. The number of rotatable bonds is 4. The first kappa shape index (κ1) is 17.1. The Labute approximate surface area is 147 Å². The highest BCUT2D eigenvalue weighted by Gasteiger charge is 2.34. The molecule has 0 radical (unpaired) electrons. The van der Waals surface area contributed by atoms with Gasteiger partial charge in [0.2, 0.25) is 5.91 Å². The lowest BCUT2D eigenvalue weighted by Crippen LogP contribution is -2.44. The lowest BCUT2D eigenvalue weighted by atomic mass is 10.00. The van der Waals surface area contributed by atoms with Crippen LogP contribution < -0.4 is 0 Å². The molecule has 2 aromatic rings. The van der Waals surface area contributed by atoms with E-state index in [9.17, 15) is 9.90 Å². The maximum Gasteiger partial charge on any atom is 0.226 e. The van der Waals surface area contributed by atoms with Crippen molar-refractivity contribution in [1.82, 2.24) is 4.90 Å². The van der Waals surface area contributed by atoms with E-state index in [0.717, 1.165) is 17.9 Å². The molecule has 24 heavy (non-hydrogen) atoms. The van der Waals surface area contributed by atoms with Crippen LogP contribution in [0.15, 0.2) is 60.7 Å². The molecule has 0 aliphatic carbocycles. The van der Waals surface area contributed by atoms with E-state index >= 15 is 0 Å². The van der Waals surface area contributed by atoms with Gasteiger partial charge in [-0.15, -0.1) is 0 Å². The third-order valence-electron chi connectivity index (χ3n) is 4.51. The lowest BCUT2D eigenvalue weighted by molar-refractivity contribution is -0.135. The molecule has 1 amide bonds. The fourth-order valence-electron chi connectivity index (χ4n) is 3.28. The molecule has 1 fully saturated rings. The van der Waals surface area contributed by atoms with Gasteiger partial charge in [-0.2, -0.15) is 11.8 Å². The molecule has 1 aliphatic heterocycles. The summed E-state index contributed by atoms with van der Waals surface area (Å²) in [4.78, 5) is 14.8. The largest absolute Gasteiger partial charge is 0.388 e. The maximum absolute atomic E-state index is 12.9. The van der Waals surface area contributed by atoms with Crippen LogP contribution in [0.3, 0.4) is 0 Å². The zero-order valence-electron chi connectivity index (χ0n) is 13.8. The molecule has 0 aromatic heterocycles. The molecule has 0 bridgehead atoms. The molecule has 1 heterocycles. The fraction of sp³-hybridized carbons (Fsp3) is 0.350. The average Bonchev–Trinajstić information content (AvgIpc) is 2.63. The summed E-state index contributed by atoms with van der Waals surface area (Å²) in [5.74, 6) is 0.963. The second kappa shape index (κ2) is 7.86. The Morgan fingerprint density at radius 1 is 1.17 bits per heavy atom. The predicted octanol–water partition coefficient (Wildman–Crippen LogP) is 3.82. The first-order chi connectivity index (χ1) is 11.7. The number of benzene rings is 2. The van der Waals surface area contributed by atoms with Gasteiger partial charge in [-0.1, -0.05) is 67.6 Å². The van der Waals surface area contributed by atoms with Gasteiger partial charge in [0.1, 0.15) is 0 Å². The minimum atomic E-state index is -0.750. The summed E-state index contributed by atoms with van der Waals surface area (Å²) in [5.41, 5.74) is 1.96. The van der Waals surface area contributed by atoms with E-state index in [4.69, 9.17) is 0 Å². The van der Waals surface area contributed by atoms with E-state index in [0.29, 0.717) is 5.25 Å². The van der Waals surface area contributed by atoms with E-state index in [-0.39, 0.29) is 18.4 Å². The van der Waals surface area contributed by atoms with Crippen molar-refractivity contribution in [3.63, 3.8) is 0 Å². The van der Waals surface area contributed by atoms with E-state index in [2.05, 4.69) is 19.1 Å². The molecule has 1 aliphatic rings. The summed E-state index contributed by atoms with van der Waals surface area (Å²) in [5, 5.41) is 10.7. The van der Waals surface area contributed by atoms with Crippen molar-refractivity contribution in [3.05, 3.63) is 71.8 Å². The van der Waals surface area contributed by atoms with Crippen molar-refractivity contribution in [2.45, 2.75) is 30.7 Å². The number of hydrogen-bond donors (Lipinski definition) is 1. The van der Waals surface area contributed by atoms with Crippen LogP contribution in [0.4, 0.5) is 0 Å². The zero-order chi connectivity index (χ0) is 16.9. The summed E-state index contributed by atoms with van der Waals surface area (Å²) in [6.07, 6.45) is -0.620. The second-order valence-corrected chi connectivity index (χ2v) is 7.63. The molecular formula is C20H23NO2S. The Bertz CT molecular complexity index is 662. The minimum Gasteiger partial charge on any atom is -0.388 e. The molecule has 3 nitrogen and oxygen atoms in total. The van der Waals surface area contributed by atoms with E-state index in [1.54, 1.807) is 0 Å². The van der Waals surface area contributed by atoms with Crippen LogP contribution >= 0.6 is 11.8 Å². The third kappa shape index (κ3) is 3.82. The lowest BCUT2D eigenvalue weighted by Gasteiger charge is -2.40. The van der Waals surface area contributed by atoms with Gasteiger partial charge in [-0.05, 0) is 11.1 Å². The maximum atomic E-state index is 12.9. The summed E-state index contributed by atoms with van der Waals surface area (Å²) < 4.78 is 0. The number of nitrogens with zero attached hydrogens (tertiary/aromatic N) is 1. The molecule has 126 valence electrons. The molecule has 1 saturated heterocycles. The summed E-state index contributed by atoms with van der Waals surface area (Å²) >= 11 is 1.90. The fourth-order valence-corrected chi connectivity index (χ4v) is 4.44. The normalized spacial score (nSPS) is 22.2. The van der Waals surface area contributed by atoms with Crippen molar-refractivity contribution in [2.24, 2.45) is 0 Å². The highest BCUT2D eigenvalue weighted by Crippen LogP contribution is 2.36. The van der Waals surface area contributed by atoms with Crippen molar-refractivity contribution < 1.29 is 9.90 Å². The average molecular weight is 341 g/mol. The molecule has 3 unspecified atom stereocenters. The molecule has 3 atom stereocenters. The molecule has 0 saturated carbocycles. The Hall–Kier alpha value is -1.78. The quantitative estimate of drug-likeness (QED) is 0.919. The Balaban J connectivity index is 1.76. The number of hydrogen-bond acceptors (Lipinski definition) is 3. The number of aliphatic hydroxyl groups is 1. The first-order valence-electron chi connectivity index (χ1n) is 8.36. The molecule has 2 aromatic carbocycles. The van der Waals surface area contributed by atoms with Crippen LogP contribution in [0.2, 0.25) is 0 Å². The highest BCUT2D eigenvalue weighted by atomic mass is 32.2. The number of amides is 1. The summed E-state index contributed by atoms with van der Waals surface area (Å²) in [7, 11) is 0. The van der Waals surface area contributed by atoms with Crippen LogP contribution in [0.25, 0.3) is 0 Å². The van der Waals surface area contributed by atoms with E-state index in [1.807, 2.05) is 65.2 Å². The van der Waals surface area contributed by atoms with Gasteiger partial charge in [0.15, 0.2) is 0 Å². The predicted molar refractivity (Wildman–Crippen MR) is 98.8 cm³/mol. The highest BCUT2D eigenvalue weighted by molar-refractivity contribution is 8.00. The second-order valence-electron chi connectivity index (χ2n) is 6.15. The van der Waals surface area contributed by atoms with Crippen molar-refractivity contribution in [2.75, 3.05) is 12.3 Å². The minimum absolute atomic E-state index is 0.0207. The molecule has 1 N–H and O–H groups in total. The topological polar surface area (TPSA) is 40.5 Å². The molecule has 3 rings (SSSR count). The van der Waals surface area contributed by atoms with Gasteiger partial charge >= 0.3 is 0 Å². The van der Waals surface area contributed by atoms with Gasteiger partial charge in [0, 0.05) is 17.5 Å². The van der Waals surface area contributed by atoms with E-state index in [1.165, 1.54) is 5.56 Å². The number of carbonyl (C=O) groups excluding carboxylic acids is 1.